The number of hydrogen-bond acceptors (Lipinski definition) is 2. The fourth-order valence-electron chi connectivity index (χ4n) is 1.81. The lowest BCUT2D eigenvalue weighted by Gasteiger charge is -2.15. The van der Waals surface area contributed by atoms with Gasteiger partial charge < -0.3 is 0 Å². The molecule has 0 saturated heterocycles. The first-order valence-corrected chi connectivity index (χ1v) is 8.68. The Kier molecular flexibility index (Phi) is 5.03. The van der Waals surface area contributed by atoms with Gasteiger partial charge in [-0.15, -0.1) is 0 Å². The molecule has 1 unspecified atom stereocenters. The van der Waals surface area contributed by atoms with E-state index < -0.39 is 21.9 Å². The molecule has 0 amide bonds. The zero-order valence-electron chi connectivity index (χ0n) is 11.0. The average Bonchev–Trinajstić information content (AvgIpc) is 2.38. The van der Waals surface area contributed by atoms with E-state index in [0.717, 1.165) is 11.6 Å². The van der Waals surface area contributed by atoms with E-state index in [1.54, 1.807) is 31.2 Å². The van der Waals surface area contributed by atoms with Crippen LogP contribution >= 0.6 is 27.5 Å². The van der Waals surface area contributed by atoms with Crippen molar-refractivity contribution in [2.75, 3.05) is 0 Å². The highest BCUT2D eigenvalue weighted by Crippen LogP contribution is 2.22. The van der Waals surface area contributed by atoms with Crippen molar-refractivity contribution in [3.8, 4) is 0 Å². The molecular formula is C14H12BrClFNO2S. The maximum atomic E-state index is 13.8. The standard InChI is InChI=1S/C14H12BrClFNO2S/c1-9(10-2-5-12(16)6-3-10)18-21(19,20)14-7-4-11(15)8-13(14)17/h2-9,18H,1H3. The highest BCUT2D eigenvalue weighted by Gasteiger charge is 2.22. The second kappa shape index (κ2) is 6.44. The first kappa shape index (κ1) is 16.4. The number of sulfonamides is 1. The minimum absolute atomic E-state index is 0.383. The Morgan fingerprint density at radius 2 is 1.81 bits per heavy atom. The van der Waals surface area contributed by atoms with Crippen LogP contribution in [0.1, 0.15) is 18.5 Å². The average molecular weight is 393 g/mol. The van der Waals surface area contributed by atoms with Gasteiger partial charge in [-0.2, -0.15) is 0 Å². The molecule has 1 atom stereocenters. The molecule has 3 nitrogen and oxygen atoms in total. The molecule has 0 spiro atoms. The summed E-state index contributed by atoms with van der Waals surface area (Å²) in [6, 6.07) is 10.1. The molecule has 0 bridgehead atoms. The topological polar surface area (TPSA) is 46.2 Å². The molecule has 112 valence electrons. The molecule has 7 heteroatoms. The molecule has 0 heterocycles. The number of hydrogen-bond donors (Lipinski definition) is 1. The van der Waals surface area contributed by atoms with E-state index in [2.05, 4.69) is 20.7 Å². The molecule has 0 saturated carbocycles. The van der Waals surface area contributed by atoms with Gasteiger partial charge in [-0.3, -0.25) is 0 Å². The maximum Gasteiger partial charge on any atom is 0.244 e. The van der Waals surface area contributed by atoms with Gasteiger partial charge in [0.2, 0.25) is 10.0 Å². The molecule has 0 aliphatic carbocycles. The van der Waals surface area contributed by atoms with E-state index in [1.807, 2.05) is 0 Å². The summed E-state index contributed by atoms with van der Waals surface area (Å²) in [5.74, 6) is -0.805. The van der Waals surface area contributed by atoms with Gasteiger partial charge in [0.05, 0.1) is 0 Å². The van der Waals surface area contributed by atoms with Gasteiger partial charge in [0.1, 0.15) is 10.7 Å². The van der Waals surface area contributed by atoms with E-state index in [0.29, 0.717) is 9.50 Å². The molecule has 0 aliphatic rings. The Labute approximate surface area is 136 Å². The summed E-state index contributed by atoms with van der Waals surface area (Å²) in [5, 5.41) is 0.563. The van der Waals surface area contributed by atoms with Crippen LogP contribution in [0, 0.1) is 5.82 Å². The minimum Gasteiger partial charge on any atom is -0.207 e. The summed E-state index contributed by atoms with van der Waals surface area (Å²) >= 11 is 8.88. The van der Waals surface area contributed by atoms with Crippen molar-refractivity contribution in [2.24, 2.45) is 0 Å². The number of halogens is 3. The second-order valence-corrected chi connectivity index (χ2v) is 7.50. The summed E-state index contributed by atoms with van der Waals surface area (Å²) in [5.41, 5.74) is 0.737. The van der Waals surface area contributed by atoms with Crippen LogP contribution in [0.15, 0.2) is 51.8 Å². The van der Waals surface area contributed by atoms with Crippen LogP contribution in [0.3, 0.4) is 0 Å². The van der Waals surface area contributed by atoms with Crippen molar-refractivity contribution < 1.29 is 12.8 Å². The Bertz CT molecular complexity index is 750. The molecule has 0 radical (unpaired) electrons. The third kappa shape index (κ3) is 4.03. The quantitative estimate of drug-likeness (QED) is 0.844. The van der Waals surface area contributed by atoms with Crippen molar-refractivity contribution in [2.45, 2.75) is 17.9 Å². The zero-order valence-corrected chi connectivity index (χ0v) is 14.1. The van der Waals surface area contributed by atoms with Gasteiger partial charge in [0.25, 0.3) is 0 Å². The fourth-order valence-corrected chi connectivity index (χ4v) is 3.56. The highest BCUT2D eigenvalue weighted by atomic mass is 79.9. The maximum absolute atomic E-state index is 13.8. The molecule has 1 N–H and O–H groups in total. The second-order valence-electron chi connectivity index (χ2n) is 4.47. The Morgan fingerprint density at radius 3 is 2.38 bits per heavy atom. The van der Waals surface area contributed by atoms with Crippen molar-refractivity contribution in [1.82, 2.24) is 4.72 Å². The summed E-state index contributed by atoms with van der Waals surface area (Å²) in [6.45, 7) is 1.68. The summed E-state index contributed by atoms with van der Waals surface area (Å²) < 4.78 is 41.1. The third-order valence-electron chi connectivity index (χ3n) is 2.89. The van der Waals surface area contributed by atoms with Crippen molar-refractivity contribution >= 4 is 37.6 Å². The molecule has 0 aliphatic heterocycles. The van der Waals surface area contributed by atoms with Crippen LogP contribution in [0.2, 0.25) is 5.02 Å². The van der Waals surface area contributed by atoms with E-state index in [9.17, 15) is 12.8 Å². The lowest BCUT2D eigenvalue weighted by molar-refractivity contribution is 0.546. The summed E-state index contributed by atoms with van der Waals surface area (Å²) in [7, 11) is -3.94. The fraction of sp³-hybridized carbons (Fsp3) is 0.143. The van der Waals surface area contributed by atoms with Crippen molar-refractivity contribution in [1.29, 1.82) is 0 Å². The minimum atomic E-state index is -3.94. The van der Waals surface area contributed by atoms with Crippen molar-refractivity contribution in [3.05, 3.63) is 63.3 Å². The van der Waals surface area contributed by atoms with Gasteiger partial charge in [-0.1, -0.05) is 39.7 Å². The van der Waals surface area contributed by atoms with Gasteiger partial charge in [-0.25, -0.2) is 17.5 Å². The largest absolute Gasteiger partial charge is 0.244 e. The monoisotopic (exact) mass is 391 g/mol. The van der Waals surface area contributed by atoms with E-state index >= 15 is 0 Å². The summed E-state index contributed by atoms with van der Waals surface area (Å²) in [6.07, 6.45) is 0. The van der Waals surface area contributed by atoms with Crippen LogP contribution < -0.4 is 4.72 Å². The lowest BCUT2D eigenvalue weighted by Crippen LogP contribution is -2.27. The third-order valence-corrected chi connectivity index (χ3v) is 5.20. The molecular weight excluding hydrogens is 381 g/mol. The first-order chi connectivity index (χ1) is 9.79. The Hall–Kier alpha value is -0.950. The Morgan fingerprint density at radius 1 is 1.19 bits per heavy atom. The number of benzene rings is 2. The number of rotatable bonds is 4. The molecule has 0 aromatic heterocycles. The van der Waals surface area contributed by atoms with Crippen LogP contribution in [-0.2, 0) is 10.0 Å². The molecule has 2 rings (SSSR count). The number of nitrogens with one attached hydrogen (secondary N) is 1. The molecule has 2 aromatic carbocycles. The first-order valence-electron chi connectivity index (χ1n) is 6.02. The van der Waals surface area contributed by atoms with E-state index in [4.69, 9.17) is 11.6 Å². The molecule has 0 fully saturated rings. The predicted octanol–water partition coefficient (Wildman–Crippen LogP) is 4.28. The van der Waals surface area contributed by atoms with Gasteiger partial charge in [-0.05, 0) is 42.8 Å². The van der Waals surface area contributed by atoms with Crippen LogP contribution in [-0.4, -0.2) is 8.42 Å². The van der Waals surface area contributed by atoms with Crippen LogP contribution in [0.25, 0.3) is 0 Å². The molecule has 21 heavy (non-hydrogen) atoms. The van der Waals surface area contributed by atoms with Gasteiger partial charge >= 0.3 is 0 Å². The predicted molar refractivity (Wildman–Crippen MR) is 84.3 cm³/mol. The van der Waals surface area contributed by atoms with Crippen LogP contribution in [0.5, 0.6) is 0 Å². The van der Waals surface area contributed by atoms with Crippen LogP contribution in [0.4, 0.5) is 4.39 Å². The molecule has 2 aromatic rings. The Balaban J connectivity index is 2.26. The summed E-state index contributed by atoms with van der Waals surface area (Å²) in [4.78, 5) is -0.383. The van der Waals surface area contributed by atoms with E-state index in [1.165, 1.54) is 12.1 Å². The SMILES string of the molecule is CC(NS(=O)(=O)c1ccc(Br)cc1F)c1ccc(Cl)cc1. The highest BCUT2D eigenvalue weighted by molar-refractivity contribution is 9.10. The van der Waals surface area contributed by atoms with Gasteiger partial charge in [0, 0.05) is 15.5 Å². The van der Waals surface area contributed by atoms with E-state index in [-0.39, 0.29) is 4.90 Å². The normalized spacial score (nSPS) is 13.1. The zero-order chi connectivity index (χ0) is 15.6. The van der Waals surface area contributed by atoms with Crippen molar-refractivity contribution in [3.63, 3.8) is 0 Å². The smallest absolute Gasteiger partial charge is 0.207 e. The van der Waals surface area contributed by atoms with Gasteiger partial charge in [0.15, 0.2) is 0 Å². The lowest BCUT2D eigenvalue weighted by atomic mass is 10.1.